The zero-order valence-electron chi connectivity index (χ0n) is 11.2. The summed E-state index contributed by atoms with van der Waals surface area (Å²) in [5.74, 6) is -0.171. The van der Waals surface area contributed by atoms with Gasteiger partial charge in [-0.25, -0.2) is 4.79 Å². The van der Waals surface area contributed by atoms with Gasteiger partial charge in [0.15, 0.2) is 0 Å². The standard InChI is InChI=1S/C12H21N3O2.ClH/c1-4-7-8-15-9(13)12(5-2,6-3)10(16)14-11(15)17;/h13H,4-8H2,1-3H3,(H,14,16,17);1H/p-1. The van der Waals surface area contributed by atoms with E-state index in [0.717, 1.165) is 12.8 Å². The molecule has 1 aliphatic heterocycles. The highest BCUT2D eigenvalue weighted by Crippen LogP contribution is 2.32. The average molecular weight is 275 g/mol. The van der Waals surface area contributed by atoms with Crippen molar-refractivity contribution in [3.05, 3.63) is 0 Å². The highest BCUT2D eigenvalue weighted by Gasteiger charge is 2.48. The lowest BCUT2D eigenvalue weighted by Gasteiger charge is -2.40. The van der Waals surface area contributed by atoms with Crippen LogP contribution in [0.1, 0.15) is 46.5 Å². The van der Waals surface area contributed by atoms with Gasteiger partial charge in [0.2, 0.25) is 5.91 Å². The van der Waals surface area contributed by atoms with Crippen molar-refractivity contribution < 1.29 is 22.0 Å². The van der Waals surface area contributed by atoms with Crippen molar-refractivity contribution in [3.8, 4) is 0 Å². The number of carbonyl (C=O) groups excluding carboxylic acids is 2. The Bertz CT molecular complexity index is 340. The second kappa shape index (κ2) is 6.73. The smallest absolute Gasteiger partial charge is 0.329 e. The van der Waals surface area contributed by atoms with Gasteiger partial charge >= 0.3 is 6.03 Å². The topological polar surface area (TPSA) is 73.3 Å². The first-order valence-corrected chi connectivity index (χ1v) is 6.25. The lowest BCUT2D eigenvalue weighted by Crippen LogP contribution is -3.00. The minimum absolute atomic E-state index is 0. The van der Waals surface area contributed by atoms with Gasteiger partial charge in [0.05, 0.1) is 0 Å². The Balaban J connectivity index is 0.00000289. The number of rotatable bonds is 5. The Morgan fingerprint density at radius 3 is 2.22 bits per heavy atom. The molecule has 18 heavy (non-hydrogen) atoms. The summed E-state index contributed by atoms with van der Waals surface area (Å²) in [6.07, 6.45) is 2.89. The van der Waals surface area contributed by atoms with Crippen molar-refractivity contribution in [2.75, 3.05) is 6.54 Å². The van der Waals surface area contributed by atoms with Crippen molar-refractivity contribution in [1.82, 2.24) is 10.2 Å². The maximum Gasteiger partial charge on any atom is 0.329 e. The van der Waals surface area contributed by atoms with E-state index in [9.17, 15) is 9.59 Å². The number of hydrogen-bond acceptors (Lipinski definition) is 3. The SMILES string of the molecule is CCCCN1C(=N)C(CC)(CC)C(=O)NC1=O.[Cl-]. The van der Waals surface area contributed by atoms with Gasteiger partial charge in [-0.2, -0.15) is 0 Å². The summed E-state index contributed by atoms with van der Waals surface area (Å²) < 4.78 is 0. The molecule has 0 spiro atoms. The second-order valence-electron chi connectivity index (χ2n) is 4.40. The number of urea groups is 1. The van der Waals surface area contributed by atoms with Crippen LogP contribution in [-0.2, 0) is 4.79 Å². The average Bonchev–Trinajstić information content (AvgIpc) is 2.30. The van der Waals surface area contributed by atoms with Gasteiger partial charge < -0.3 is 12.4 Å². The van der Waals surface area contributed by atoms with E-state index in [1.54, 1.807) is 0 Å². The fraction of sp³-hybridized carbons (Fsp3) is 0.750. The molecule has 1 fully saturated rings. The normalized spacial score (nSPS) is 18.4. The van der Waals surface area contributed by atoms with Gasteiger partial charge in [-0.1, -0.05) is 27.2 Å². The molecular formula is C12H21ClN3O2-. The van der Waals surface area contributed by atoms with Crippen LogP contribution in [0.3, 0.4) is 0 Å². The van der Waals surface area contributed by atoms with E-state index in [0.29, 0.717) is 19.4 Å². The number of hydrogen-bond donors (Lipinski definition) is 2. The molecule has 6 heteroatoms. The molecular weight excluding hydrogens is 254 g/mol. The summed E-state index contributed by atoms with van der Waals surface area (Å²) >= 11 is 0. The Hall–Kier alpha value is -1.10. The molecule has 0 unspecified atom stereocenters. The van der Waals surface area contributed by atoms with Gasteiger partial charge in [-0.05, 0) is 19.3 Å². The lowest BCUT2D eigenvalue weighted by molar-refractivity contribution is -0.128. The molecule has 1 rings (SSSR count). The summed E-state index contributed by atoms with van der Waals surface area (Å²) in [6.45, 7) is 6.30. The summed E-state index contributed by atoms with van der Waals surface area (Å²) in [5.41, 5.74) is -0.832. The minimum atomic E-state index is -0.832. The number of nitrogens with one attached hydrogen (secondary N) is 2. The van der Waals surface area contributed by atoms with Crippen LogP contribution in [-0.4, -0.2) is 29.2 Å². The highest BCUT2D eigenvalue weighted by molar-refractivity contribution is 6.19. The number of halogens is 1. The summed E-state index contributed by atoms with van der Waals surface area (Å²) in [5, 5.41) is 10.5. The predicted molar refractivity (Wildman–Crippen MR) is 65.9 cm³/mol. The minimum Gasteiger partial charge on any atom is -1.00 e. The molecule has 0 bridgehead atoms. The summed E-state index contributed by atoms with van der Waals surface area (Å²) in [7, 11) is 0. The van der Waals surface area contributed by atoms with E-state index >= 15 is 0 Å². The third-order valence-corrected chi connectivity index (χ3v) is 3.57. The number of amides is 3. The number of carbonyl (C=O) groups is 2. The molecule has 2 N–H and O–H groups in total. The van der Waals surface area contributed by atoms with E-state index in [1.807, 2.05) is 20.8 Å². The first-order valence-electron chi connectivity index (χ1n) is 6.25. The van der Waals surface area contributed by atoms with Crippen molar-refractivity contribution in [1.29, 1.82) is 5.41 Å². The Labute approximate surface area is 114 Å². The Morgan fingerprint density at radius 1 is 1.22 bits per heavy atom. The van der Waals surface area contributed by atoms with Crippen molar-refractivity contribution >= 4 is 17.8 Å². The van der Waals surface area contributed by atoms with Gasteiger partial charge in [0.25, 0.3) is 0 Å². The van der Waals surface area contributed by atoms with Gasteiger partial charge in [-0.15, -0.1) is 0 Å². The quantitative estimate of drug-likeness (QED) is 0.684. The van der Waals surface area contributed by atoms with Crippen LogP contribution in [0.15, 0.2) is 0 Å². The zero-order chi connectivity index (χ0) is 13.1. The van der Waals surface area contributed by atoms with E-state index in [4.69, 9.17) is 5.41 Å². The molecule has 0 aromatic rings. The highest BCUT2D eigenvalue weighted by atomic mass is 35.5. The fourth-order valence-corrected chi connectivity index (χ4v) is 2.19. The van der Waals surface area contributed by atoms with E-state index in [-0.39, 0.29) is 24.1 Å². The van der Waals surface area contributed by atoms with E-state index in [2.05, 4.69) is 5.32 Å². The van der Waals surface area contributed by atoms with Crippen LogP contribution in [0.4, 0.5) is 4.79 Å². The van der Waals surface area contributed by atoms with Crippen molar-refractivity contribution in [3.63, 3.8) is 0 Å². The Morgan fingerprint density at radius 2 is 1.78 bits per heavy atom. The first kappa shape index (κ1) is 16.9. The molecule has 1 saturated heterocycles. The van der Waals surface area contributed by atoms with Crippen molar-refractivity contribution in [2.24, 2.45) is 5.41 Å². The zero-order valence-corrected chi connectivity index (χ0v) is 11.9. The van der Waals surface area contributed by atoms with Gasteiger partial charge in [0, 0.05) is 6.54 Å². The maximum atomic E-state index is 11.9. The fourth-order valence-electron chi connectivity index (χ4n) is 2.19. The van der Waals surface area contributed by atoms with Crippen LogP contribution >= 0.6 is 0 Å². The first-order chi connectivity index (χ1) is 8.03. The molecule has 1 aliphatic rings. The molecule has 5 nitrogen and oxygen atoms in total. The van der Waals surface area contributed by atoms with Gasteiger partial charge in [0.1, 0.15) is 11.3 Å². The summed E-state index contributed by atoms with van der Waals surface area (Å²) in [6, 6.07) is -0.453. The van der Waals surface area contributed by atoms with Crippen LogP contribution in [0.2, 0.25) is 0 Å². The summed E-state index contributed by atoms with van der Waals surface area (Å²) in [4.78, 5) is 25.0. The number of nitrogens with zero attached hydrogens (tertiary/aromatic N) is 1. The predicted octanol–water partition coefficient (Wildman–Crippen LogP) is -0.874. The molecule has 0 aromatic heterocycles. The molecule has 0 aliphatic carbocycles. The number of imide groups is 1. The van der Waals surface area contributed by atoms with Crippen molar-refractivity contribution in [2.45, 2.75) is 46.5 Å². The number of unbranched alkanes of at least 4 members (excludes halogenated alkanes) is 1. The van der Waals surface area contributed by atoms with E-state index < -0.39 is 11.4 Å². The second-order valence-corrected chi connectivity index (χ2v) is 4.40. The lowest BCUT2D eigenvalue weighted by atomic mass is 9.78. The molecule has 0 aromatic carbocycles. The largest absolute Gasteiger partial charge is 1.00 e. The molecule has 0 radical (unpaired) electrons. The van der Waals surface area contributed by atoms with Crippen LogP contribution in [0.25, 0.3) is 0 Å². The third kappa shape index (κ3) is 2.66. The third-order valence-electron chi connectivity index (χ3n) is 3.57. The molecule has 0 atom stereocenters. The van der Waals surface area contributed by atoms with Crippen LogP contribution in [0.5, 0.6) is 0 Å². The Kier molecular flexibility index (Phi) is 6.32. The van der Waals surface area contributed by atoms with Crippen LogP contribution in [0, 0.1) is 10.8 Å². The molecule has 0 saturated carbocycles. The monoisotopic (exact) mass is 274 g/mol. The molecule has 104 valence electrons. The number of amidine groups is 1. The molecule has 3 amide bonds. The molecule has 1 heterocycles. The maximum absolute atomic E-state index is 11.9. The van der Waals surface area contributed by atoms with Gasteiger partial charge in [-0.3, -0.25) is 20.4 Å². The van der Waals surface area contributed by atoms with Crippen LogP contribution < -0.4 is 17.7 Å². The van der Waals surface area contributed by atoms with E-state index in [1.165, 1.54) is 4.90 Å².